The fourth-order valence-corrected chi connectivity index (χ4v) is 3.77. The third-order valence-corrected chi connectivity index (χ3v) is 5.29. The molecule has 1 amide bonds. The molecule has 7 heteroatoms. The van der Waals surface area contributed by atoms with Crippen molar-refractivity contribution in [1.29, 1.82) is 0 Å². The van der Waals surface area contributed by atoms with Crippen molar-refractivity contribution in [2.75, 3.05) is 20.1 Å². The summed E-state index contributed by atoms with van der Waals surface area (Å²) in [6.45, 7) is 2.72. The zero-order valence-corrected chi connectivity index (χ0v) is 17.0. The van der Waals surface area contributed by atoms with Crippen LogP contribution in [0.2, 0.25) is 0 Å². The van der Waals surface area contributed by atoms with Gasteiger partial charge in [0.2, 0.25) is 0 Å². The fourth-order valence-electron chi connectivity index (χ4n) is 3.77. The molecule has 1 aliphatic heterocycles. The van der Waals surface area contributed by atoms with E-state index in [4.69, 9.17) is 4.52 Å². The van der Waals surface area contributed by atoms with Gasteiger partial charge in [-0.15, -0.1) is 0 Å². The van der Waals surface area contributed by atoms with Crippen molar-refractivity contribution >= 4 is 5.91 Å². The molecule has 1 fully saturated rings. The van der Waals surface area contributed by atoms with Crippen LogP contribution in [-0.2, 0) is 13.1 Å². The van der Waals surface area contributed by atoms with E-state index < -0.39 is 0 Å². The summed E-state index contributed by atoms with van der Waals surface area (Å²) in [5.74, 6) is 0.707. The van der Waals surface area contributed by atoms with Gasteiger partial charge in [-0.2, -0.15) is 0 Å². The Morgan fingerprint density at radius 1 is 1.13 bits per heavy atom. The molecular weight excluding hydrogens is 378 g/mol. The van der Waals surface area contributed by atoms with Gasteiger partial charge in [-0.25, -0.2) is 5.43 Å². The van der Waals surface area contributed by atoms with E-state index in [0.29, 0.717) is 24.5 Å². The molecule has 2 aromatic carbocycles. The Hall–Kier alpha value is -3.00. The highest BCUT2D eigenvalue weighted by Crippen LogP contribution is 2.24. The molecule has 0 spiro atoms. The van der Waals surface area contributed by atoms with E-state index in [9.17, 15) is 4.79 Å². The number of hydrogen-bond acceptors (Lipinski definition) is 6. The maximum atomic E-state index is 12.5. The van der Waals surface area contributed by atoms with Crippen molar-refractivity contribution in [3.8, 4) is 0 Å². The van der Waals surface area contributed by atoms with Gasteiger partial charge in [0.25, 0.3) is 5.91 Å². The summed E-state index contributed by atoms with van der Waals surface area (Å²) < 4.78 is 5.38. The molecule has 30 heavy (non-hydrogen) atoms. The topological polar surface area (TPSA) is 82.4 Å². The van der Waals surface area contributed by atoms with Crippen molar-refractivity contribution in [3.63, 3.8) is 0 Å². The van der Waals surface area contributed by atoms with Gasteiger partial charge in [-0.05, 0) is 18.2 Å². The van der Waals surface area contributed by atoms with Crippen molar-refractivity contribution < 1.29 is 9.32 Å². The molecule has 0 radical (unpaired) electrons. The van der Waals surface area contributed by atoms with Crippen LogP contribution in [0.15, 0.2) is 71.3 Å². The van der Waals surface area contributed by atoms with Crippen molar-refractivity contribution in [2.24, 2.45) is 5.92 Å². The monoisotopic (exact) mass is 405 g/mol. The Morgan fingerprint density at radius 2 is 1.87 bits per heavy atom. The Bertz CT molecular complexity index is 944. The maximum Gasteiger partial charge on any atom is 0.273 e. The lowest BCUT2D eigenvalue weighted by atomic mass is 9.95. The highest BCUT2D eigenvalue weighted by atomic mass is 16.5. The molecule has 7 nitrogen and oxygen atoms in total. The first-order valence-corrected chi connectivity index (χ1v) is 10.2. The summed E-state index contributed by atoms with van der Waals surface area (Å²) in [5, 5.41) is 6.95. The normalized spacial score (nSPS) is 18.6. The van der Waals surface area contributed by atoms with E-state index in [1.54, 1.807) is 6.07 Å². The van der Waals surface area contributed by atoms with Gasteiger partial charge in [-0.1, -0.05) is 65.8 Å². The highest BCUT2D eigenvalue weighted by Gasteiger charge is 2.28. The first-order chi connectivity index (χ1) is 14.7. The molecular formula is C23H27N5O2. The summed E-state index contributed by atoms with van der Waals surface area (Å²) in [7, 11) is 2.01. The lowest BCUT2D eigenvalue weighted by Crippen LogP contribution is -2.33. The van der Waals surface area contributed by atoms with E-state index in [1.807, 2.05) is 43.4 Å². The Kier molecular flexibility index (Phi) is 6.53. The quantitative estimate of drug-likeness (QED) is 0.534. The van der Waals surface area contributed by atoms with E-state index in [1.165, 1.54) is 11.1 Å². The third-order valence-electron chi connectivity index (χ3n) is 5.29. The molecule has 2 heterocycles. The second kappa shape index (κ2) is 9.67. The van der Waals surface area contributed by atoms with E-state index >= 15 is 0 Å². The Morgan fingerprint density at radius 3 is 2.63 bits per heavy atom. The zero-order chi connectivity index (χ0) is 20.8. The molecule has 0 bridgehead atoms. The smallest absolute Gasteiger partial charge is 0.273 e. The SMILES string of the molecule is CN(Cc1ccccc1)Cc1cc(C(=O)NCC2CNNC2c2ccccc2)no1. The van der Waals surface area contributed by atoms with Gasteiger partial charge in [0.05, 0.1) is 12.6 Å². The number of amides is 1. The number of hydrazine groups is 1. The molecule has 4 rings (SSSR count). The van der Waals surface area contributed by atoms with Crippen LogP contribution in [0.1, 0.15) is 33.4 Å². The number of aromatic nitrogens is 1. The second-order valence-corrected chi connectivity index (χ2v) is 7.72. The van der Waals surface area contributed by atoms with Crippen LogP contribution in [0.4, 0.5) is 0 Å². The van der Waals surface area contributed by atoms with Gasteiger partial charge in [0, 0.05) is 31.6 Å². The molecule has 1 aromatic heterocycles. The minimum Gasteiger partial charge on any atom is -0.359 e. The van der Waals surface area contributed by atoms with Crippen LogP contribution < -0.4 is 16.2 Å². The number of benzene rings is 2. The number of nitrogens with one attached hydrogen (secondary N) is 3. The average Bonchev–Trinajstić information content (AvgIpc) is 3.43. The van der Waals surface area contributed by atoms with Gasteiger partial charge in [0.1, 0.15) is 0 Å². The van der Waals surface area contributed by atoms with Gasteiger partial charge < -0.3 is 9.84 Å². The maximum absolute atomic E-state index is 12.5. The summed E-state index contributed by atoms with van der Waals surface area (Å²) in [6, 6.07) is 22.3. The minimum atomic E-state index is -0.213. The Balaban J connectivity index is 1.29. The molecule has 0 saturated carbocycles. The lowest BCUT2D eigenvalue weighted by Gasteiger charge is -2.18. The van der Waals surface area contributed by atoms with Gasteiger partial charge in [0.15, 0.2) is 11.5 Å². The van der Waals surface area contributed by atoms with Gasteiger partial charge >= 0.3 is 0 Å². The molecule has 0 aliphatic carbocycles. The van der Waals surface area contributed by atoms with Crippen LogP contribution in [0.25, 0.3) is 0 Å². The number of nitrogens with zero attached hydrogens (tertiary/aromatic N) is 2. The van der Waals surface area contributed by atoms with Crippen LogP contribution in [0, 0.1) is 5.92 Å². The molecule has 1 saturated heterocycles. The minimum absolute atomic E-state index is 0.158. The van der Waals surface area contributed by atoms with E-state index in [-0.39, 0.29) is 17.9 Å². The summed E-state index contributed by atoms with van der Waals surface area (Å²) >= 11 is 0. The molecule has 2 atom stereocenters. The second-order valence-electron chi connectivity index (χ2n) is 7.72. The summed E-state index contributed by atoms with van der Waals surface area (Å²) in [4.78, 5) is 14.7. The third kappa shape index (κ3) is 5.13. The van der Waals surface area contributed by atoms with Crippen molar-refractivity contribution in [1.82, 2.24) is 26.2 Å². The molecule has 156 valence electrons. The number of carbonyl (C=O) groups is 1. The van der Waals surface area contributed by atoms with Crippen LogP contribution >= 0.6 is 0 Å². The highest BCUT2D eigenvalue weighted by molar-refractivity contribution is 5.92. The van der Waals surface area contributed by atoms with Crippen molar-refractivity contribution in [3.05, 3.63) is 89.3 Å². The average molecular weight is 406 g/mol. The number of rotatable bonds is 8. The summed E-state index contributed by atoms with van der Waals surface area (Å²) in [5.41, 5.74) is 9.22. The van der Waals surface area contributed by atoms with E-state index in [0.717, 1.165) is 13.1 Å². The molecule has 1 aliphatic rings. The predicted molar refractivity (Wildman–Crippen MR) is 114 cm³/mol. The lowest BCUT2D eigenvalue weighted by molar-refractivity contribution is 0.0937. The van der Waals surface area contributed by atoms with E-state index in [2.05, 4.69) is 50.5 Å². The van der Waals surface area contributed by atoms with Crippen LogP contribution in [-0.4, -0.2) is 36.1 Å². The van der Waals surface area contributed by atoms with Gasteiger partial charge in [-0.3, -0.25) is 15.1 Å². The van der Waals surface area contributed by atoms with Crippen molar-refractivity contribution in [2.45, 2.75) is 19.1 Å². The van der Waals surface area contributed by atoms with Crippen LogP contribution in [0.3, 0.4) is 0 Å². The predicted octanol–water partition coefficient (Wildman–Crippen LogP) is 2.50. The standard InChI is InChI=1S/C23H27N5O2/c1-28(15-17-8-4-2-5-9-17)16-20-12-21(27-30-20)23(29)24-13-19-14-25-26-22(19)18-10-6-3-7-11-18/h2-12,19,22,25-26H,13-16H2,1H3,(H,24,29). The largest absolute Gasteiger partial charge is 0.359 e. The number of hydrogen-bond donors (Lipinski definition) is 3. The number of carbonyl (C=O) groups excluding carboxylic acids is 1. The first kappa shape index (κ1) is 20.3. The molecule has 3 N–H and O–H groups in total. The Labute approximate surface area is 176 Å². The molecule has 2 unspecified atom stereocenters. The first-order valence-electron chi connectivity index (χ1n) is 10.2. The van der Waals surface area contributed by atoms with Crippen LogP contribution in [0.5, 0.6) is 0 Å². The fraction of sp³-hybridized carbons (Fsp3) is 0.304. The molecule has 3 aromatic rings. The summed E-state index contributed by atoms with van der Waals surface area (Å²) in [6.07, 6.45) is 0. The zero-order valence-electron chi connectivity index (χ0n) is 17.0.